The fourth-order valence-corrected chi connectivity index (χ4v) is 3.15. The molecule has 120 valence electrons. The van der Waals surface area contributed by atoms with E-state index in [0.717, 1.165) is 13.3 Å². The number of para-hydroxylation sites is 2. The van der Waals surface area contributed by atoms with Gasteiger partial charge in [-0.3, -0.25) is 10.0 Å². The van der Waals surface area contributed by atoms with Gasteiger partial charge in [0.15, 0.2) is 0 Å². The zero-order valence-corrected chi connectivity index (χ0v) is 13.8. The highest BCUT2D eigenvalue weighted by Gasteiger charge is 2.28. The van der Waals surface area contributed by atoms with E-state index in [2.05, 4.69) is 107 Å². The third-order valence-electron chi connectivity index (χ3n) is 4.38. The highest BCUT2D eigenvalue weighted by atomic mass is 15.7. The molecule has 24 heavy (non-hydrogen) atoms. The van der Waals surface area contributed by atoms with Crippen molar-refractivity contribution in [2.24, 2.45) is 0 Å². The first-order valence-electron chi connectivity index (χ1n) is 8.28. The van der Waals surface area contributed by atoms with Crippen LogP contribution in [0.3, 0.4) is 0 Å². The van der Waals surface area contributed by atoms with E-state index < -0.39 is 0 Å². The predicted octanol–water partition coefficient (Wildman–Crippen LogP) is 4.66. The van der Waals surface area contributed by atoms with Gasteiger partial charge < -0.3 is 4.90 Å². The van der Waals surface area contributed by atoms with Gasteiger partial charge in [0.1, 0.15) is 13.3 Å². The minimum absolute atomic E-state index is 0.836. The van der Waals surface area contributed by atoms with E-state index in [4.69, 9.17) is 0 Å². The van der Waals surface area contributed by atoms with E-state index in [1.54, 1.807) is 0 Å². The van der Waals surface area contributed by atoms with E-state index in [9.17, 15) is 0 Å². The molecule has 1 aliphatic rings. The highest BCUT2D eigenvalue weighted by molar-refractivity contribution is 5.64. The zero-order chi connectivity index (χ0) is 16.4. The molecule has 4 rings (SSSR count). The van der Waals surface area contributed by atoms with Crippen LogP contribution in [0.2, 0.25) is 0 Å². The lowest BCUT2D eigenvalue weighted by Gasteiger charge is -2.29. The summed E-state index contributed by atoms with van der Waals surface area (Å²) in [6, 6.07) is 29.8. The summed E-state index contributed by atoms with van der Waals surface area (Å²) in [7, 11) is 0. The van der Waals surface area contributed by atoms with Gasteiger partial charge in [-0.15, -0.1) is 0 Å². The Bertz CT molecular complexity index is 754. The molecule has 1 saturated heterocycles. The Morgan fingerprint density at radius 2 is 1.08 bits per heavy atom. The van der Waals surface area contributed by atoms with Crippen LogP contribution < -0.4 is 14.9 Å². The summed E-state index contributed by atoms with van der Waals surface area (Å²) in [6.45, 7) is 3.81. The van der Waals surface area contributed by atoms with Crippen molar-refractivity contribution < 1.29 is 0 Å². The van der Waals surface area contributed by atoms with Crippen molar-refractivity contribution >= 4 is 17.1 Å². The molecule has 1 aliphatic heterocycles. The summed E-state index contributed by atoms with van der Waals surface area (Å²) in [4.78, 5) is 2.40. The second-order valence-electron chi connectivity index (χ2n) is 6.13. The topological polar surface area (TPSA) is 9.72 Å². The van der Waals surface area contributed by atoms with Crippen molar-refractivity contribution in [1.29, 1.82) is 0 Å². The van der Waals surface area contributed by atoms with Crippen LogP contribution in [-0.2, 0) is 0 Å². The van der Waals surface area contributed by atoms with Gasteiger partial charge in [-0.1, -0.05) is 48.5 Å². The van der Waals surface area contributed by atoms with Gasteiger partial charge in [-0.25, -0.2) is 0 Å². The smallest absolute Gasteiger partial charge is 0.112 e. The summed E-state index contributed by atoms with van der Waals surface area (Å²) < 4.78 is 0. The van der Waals surface area contributed by atoms with Gasteiger partial charge in [0, 0.05) is 5.69 Å². The number of nitrogens with zero attached hydrogens (tertiary/aromatic N) is 3. The molecule has 3 aromatic carbocycles. The maximum Gasteiger partial charge on any atom is 0.112 e. The largest absolute Gasteiger partial charge is 0.332 e. The number of anilines is 3. The minimum Gasteiger partial charge on any atom is -0.332 e. The van der Waals surface area contributed by atoms with Gasteiger partial charge in [0.25, 0.3) is 0 Å². The number of hydrogen-bond donors (Lipinski definition) is 0. The summed E-state index contributed by atoms with van der Waals surface area (Å²) >= 11 is 0. The van der Waals surface area contributed by atoms with Crippen molar-refractivity contribution in [3.05, 3.63) is 90.5 Å². The number of hydrogen-bond acceptors (Lipinski definition) is 3. The molecule has 0 aliphatic carbocycles. The molecule has 3 aromatic rings. The van der Waals surface area contributed by atoms with Gasteiger partial charge in [0.05, 0.1) is 11.4 Å². The average molecular weight is 315 g/mol. The molecule has 3 nitrogen and oxygen atoms in total. The second-order valence-corrected chi connectivity index (χ2v) is 6.13. The standard InChI is InChI=1S/C21H21N3/c1-18-9-8-14-21(15-18)22-16-23(19-10-4-2-5-11-19)24(17-22)20-12-6-3-7-13-20/h2-15H,16-17H2,1H3. The number of aryl methyl sites for hydroxylation is 1. The molecule has 0 atom stereocenters. The summed E-state index contributed by atoms with van der Waals surface area (Å²) in [5.41, 5.74) is 4.96. The van der Waals surface area contributed by atoms with Crippen molar-refractivity contribution in [2.45, 2.75) is 6.92 Å². The Kier molecular flexibility index (Phi) is 3.83. The molecule has 3 heteroatoms. The number of rotatable bonds is 3. The Morgan fingerprint density at radius 3 is 1.58 bits per heavy atom. The first kappa shape index (κ1) is 14.6. The normalized spacial score (nSPS) is 14.3. The lowest BCUT2D eigenvalue weighted by atomic mass is 10.2. The molecular weight excluding hydrogens is 294 g/mol. The van der Waals surface area contributed by atoms with Crippen LogP contribution >= 0.6 is 0 Å². The SMILES string of the molecule is Cc1cccc(N2CN(c3ccccc3)N(c3ccccc3)C2)c1. The van der Waals surface area contributed by atoms with Crippen molar-refractivity contribution in [3.8, 4) is 0 Å². The number of benzene rings is 3. The van der Waals surface area contributed by atoms with E-state index >= 15 is 0 Å². The van der Waals surface area contributed by atoms with E-state index in [1.165, 1.54) is 22.6 Å². The monoisotopic (exact) mass is 315 g/mol. The lowest BCUT2D eigenvalue weighted by molar-refractivity contribution is 0.891. The Balaban J connectivity index is 1.70. The molecule has 0 amide bonds. The molecule has 0 spiro atoms. The fraction of sp³-hybridized carbons (Fsp3) is 0.143. The maximum atomic E-state index is 2.40. The highest BCUT2D eigenvalue weighted by Crippen LogP contribution is 2.30. The van der Waals surface area contributed by atoms with Crippen molar-refractivity contribution in [2.75, 3.05) is 28.3 Å². The minimum atomic E-state index is 0.836. The van der Waals surface area contributed by atoms with E-state index in [1.807, 2.05) is 0 Å². The summed E-state index contributed by atoms with van der Waals surface area (Å²) in [5.74, 6) is 0. The first-order chi connectivity index (χ1) is 11.8. The van der Waals surface area contributed by atoms with Crippen molar-refractivity contribution in [3.63, 3.8) is 0 Å². The van der Waals surface area contributed by atoms with Crippen LogP contribution in [0.25, 0.3) is 0 Å². The van der Waals surface area contributed by atoms with Crippen LogP contribution in [-0.4, -0.2) is 13.3 Å². The molecule has 0 N–H and O–H groups in total. The molecule has 0 unspecified atom stereocenters. The third kappa shape index (κ3) is 2.81. The zero-order valence-electron chi connectivity index (χ0n) is 13.8. The molecule has 0 aromatic heterocycles. The molecule has 1 heterocycles. The lowest BCUT2D eigenvalue weighted by Crippen LogP contribution is -2.36. The van der Waals surface area contributed by atoms with Crippen LogP contribution in [0, 0.1) is 6.92 Å². The maximum absolute atomic E-state index is 2.40. The fourth-order valence-electron chi connectivity index (χ4n) is 3.15. The average Bonchev–Trinajstić information content (AvgIpc) is 3.09. The van der Waals surface area contributed by atoms with E-state index in [-0.39, 0.29) is 0 Å². The molecule has 0 saturated carbocycles. The van der Waals surface area contributed by atoms with E-state index in [0.29, 0.717) is 0 Å². The second kappa shape index (κ2) is 6.28. The van der Waals surface area contributed by atoms with Gasteiger partial charge in [0.2, 0.25) is 0 Å². The van der Waals surface area contributed by atoms with Crippen LogP contribution in [0.4, 0.5) is 17.1 Å². The molecular formula is C21H21N3. The quantitative estimate of drug-likeness (QED) is 0.696. The predicted molar refractivity (Wildman–Crippen MR) is 101 cm³/mol. The Morgan fingerprint density at radius 1 is 0.583 bits per heavy atom. The summed E-state index contributed by atoms with van der Waals surface area (Å²) in [6.07, 6.45) is 0. The van der Waals surface area contributed by atoms with Gasteiger partial charge >= 0.3 is 0 Å². The van der Waals surface area contributed by atoms with Gasteiger partial charge in [-0.05, 0) is 48.9 Å². The van der Waals surface area contributed by atoms with Gasteiger partial charge in [-0.2, -0.15) is 0 Å². The summed E-state index contributed by atoms with van der Waals surface area (Å²) in [5, 5.41) is 4.66. The first-order valence-corrected chi connectivity index (χ1v) is 8.28. The van der Waals surface area contributed by atoms with Crippen LogP contribution in [0.5, 0.6) is 0 Å². The molecule has 1 fully saturated rings. The molecule has 0 bridgehead atoms. The van der Waals surface area contributed by atoms with Crippen LogP contribution in [0.15, 0.2) is 84.9 Å². The Labute approximate surface area is 143 Å². The third-order valence-corrected chi connectivity index (χ3v) is 4.38. The molecule has 0 radical (unpaired) electrons. The number of hydrazine groups is 1. The van der Waals surface area contributed by atoms with Crippen LogP contribution in [0.1, 0.15) is 5.56 Å². The Hall–Kier alpha value is -2.94. The van der Waals surface area contributed by atoms with Crippen molar-refractivity contribution in [1.82, 2.24) is 0 Å².